The lowest BCUT2D eigenvalue weighted by atomic mass is 10.1. The molecule has 1 aromatic rings. The van der Waals surface area contributed by atoms with Crippen LogP contribution in [0.25, 0.3) is 0 Å². The summed E-state index contributed by atoms with van der Waals surface area (Å²) in [7, 11) is -4.13. The third-order valence-corrected chi connectivity index (χ3v) is 5.27. The summed E-state index contributed by atoms with van der Waals surface area (Å²) in [5.74, 6) is -2.70. The number of hydrogen-bond acceptors (Lipinski definition) is 3. The largest absolute Gasteiger partial charge is 0.392 e. The first-order chi connectivity index (χ1) is 9.33. The number of hydrogen-bond donors (Lipinski definition) is 2. The van der Waals surface area contributed by atoms with Crippen LogP contribution in [0.3, 0.4) is 0 Å². The summed E-state index contributed by atoms with van der Waals surface area (Å²) in [4.78, 5) is -0.756. The molecule has 0 saturated heterocycles. The van der Waals surface area contributed by atoms with Crippen LogP contribution in [0.15, 0.2) is 17.0 Å². The van der Waals surface area contributed by atoms with E-state index in [4.69, 9.17) is 5.11 Å². The molecule has 0 bridgehead atoms. The van der Waals surface area contributed by atoms with Crippen LogP contribution in [0.1, 0.15) is 31.7 Å². The van der Waals surface area contributed by atoms with Crippen molar-refractivity contribution in [1.82, 2.24) is 4.72 Å². The number of nitrogens with one attached hydrogen (secondary N) is 1. The lowest BCUT2D eigenvalue weighted by Crippen LogP contribution is -2.31. The highest BCUT2D eigenvalue weighted by atomic mass is 32.2. The average molecular weight is 305 g/mol. The summed E-state index contributed by atoms with van der Waals surface area (Å²) in [6, 6.07) is 1.73. The van der Waals surface area contributed by atoms with Crippen LogP contribution in [0, 0.1) is 17.0 Å². The zero-order chi connectivity index (χ0) is 15.0. The van der Waals surface area contributed by atoms with Gasteiger partial charge in [-0.2, -0.15) is 0 Å². The van der Waals surface area contributed by atoms with Gasteiger partial charge in [0.15, 0.2) is 11.6 Å². The molecule has 1 aliphatic carbocycles. The fourth-order valence-corrected chi connectivity index (χ4v) is 3.35. The number of benzene rings is 1. The van der Waals surface area contributed by atoms with E-state index in [-0.39, 0.29) is 17.5 Å². The van der Waals surface area contributed by atoms with Crippen molar-refractivity contribution in [2.75, 3.05) is 6.54 Å². The maximum atomic E-state index is 13.7. The Bertz CT molecular complexity index is 612. The van der Waals surface area contributed by atoms with Gasteiger partial charge in [-0.15, -0.1) is 0 Å². The van der Waals surface area contributed by atoms with Crippen LogP contribution in [-0.4, -0.2) is 20.1 Å². The van der Waals surface area contributed by atoms with Gasteiger partial charge in [-0.05, 0) is 42.4 Å². The smallest absolute Gasteiger partial charge is 0.243 e. The van der Waals surface area contributed by atoms with Crippen molar-refractivity contribution in [2.45, 2.75) is 37.7 Å². The molecule has 1 fully saturated rings. The van der Waals surface area contributed by atoms with Crippen molar-refractivity contribution < 1.29 is 22.3 Å². The summed E-state index contributed by atoms with van der Waals surface area (Å²) in [5.41, 5.74) is -0.0302. The minimum atomic E-state index is -4.13. The summed E-state index contributed by atoms with van der Waals surface area (Å²) in [5, 5.41) is 8.95. The molecule has 2 N–H and O–H groups in total. The van der Waals surface area contributed by atoms with E-state index < -0.39 is 33.2 Å². The van der Waals surface area contributed by atoms with Crippen LogP contribution in [0.5, 0.6) is 0 Å². The maximum Gasteiger partial charge on any atom is 0.243 e. The van der Waals surface area contributed by atoms with Gasteiger partial charge < -0.3 is 5.11 Å². The predicted octanol–water partition coefficient (Wildman–Crippen LogP) is 1.93. The van der Waals surface area contributed by atoms with Crippen molar-refractivity contribution in [1.29, 1.82) is 0 Å². The molecule has 7 heteroatoms. The molecule has 0 aromatic heterocycles. The normalized spacial score (nSPS) is 17.2. The molecule has 0 radical (unpaired) electrons. The van der Waals surface area contributed by atoms with Gasteiger partial charge >= 0.3 is 0 Å². The van der Waals surface area contributed by atoms with E-state index in [2.05, 4.69) is 4.72 Å². The number of aliphatic hydroxyl groups excluding tert-OH is 1. The Labute approximate surface area is 116 Å². The maximum absolute atomic E-state index is 13.7. The first kappa shape index (κ1) is 15.3. The lowest BCUT2D eigenvalue weighted by molar-refractivity contribution is 0.280. The molecule has 1 saturated carbocycles. The standard InChI is InChI=1S/C13H17F2NO3S/c1-2-13(3-4-13)8-16-20(18,19)11-6-9(7-17)5-10(14)12(11)15/h5-6,16-17H,2-4,7-8H2,1H3. The van der Waals surface area contributed by atoms with Gasteiger partial charge in [-0.1, -0.05) is 6.92 Å². The fraction of sp³-hybridized carbons (Fsp3) is 0.538. The second-order valence-corrected chi connectivity index (χ2v) is 6.96. The van der Waals surface area contributed by atoms with E-state index in [9.17, 15) is 17.2 Å². The molecule has 0 aliphatic heterocycles. The van der Waals surface area contributed by atoms with Crippen molar-refractivity contribution >= 4 is 10.0 Å². The summed E-state index contributed by atoms with van der Waals surface area (Å²) in [6.45, 7) is 1.63. The molecule has 0 heterocycles. The Morgan fingerprint density at radius 1 is 1.35 bits per heavy atom. The molecular formula is C13H17F2NO3S. The average Bonchev–Trinajstić information content (AvgIpc) is 3.20. The second kappa shape index (κ2) is 5.38. The first-order valence-corrected chi connectivity index (χ1v) is 7.90. The van der Waals surface area contributed by atoms with Gasteiger partial charge in [0.2, 0.25) is 10.0 Å². The molecular weight excluding hydrogens is 288 g/mol. The number of sulfonamides is 1. The van der Waals surface area contributed by atoms with Crippen LogP contribution in [0.2, 0.25) is 0 Å². The van der Waals surface area contributed by atoms with E-state index in [1.165, 1.54) is 0 Å². The van der Waals surface area contributed by atoms with Gasteiger partial charge in [-0.25, -0.2) is 21.9 Å². The topological polar surface area (TPSA) is 66.4 Å². The van der Waals surface area contributed by atoms with E-state index in [0.29, 0.717) is 0 Å². The minimum absolute atomic E-state index is 0.0147. The van der Waals surface area contributed by atoms with E-state index >= 15 is 0 Å². The van der Waals surface area contributed by atoms with Crippen molar-refractivity contribution in [2.24, 2.45) is 5.41 Å². The summed E-state index contributed by atoms with van der Waals surface area (Å²) in [6.07, 6.45) is 2.70. The zero-order valence-electron chi connectivity index (χ0n) is 11.1. The monoisotopic (exact) mass is 305 g/mol. The molecule has 2 rings (SSSR count). The summed E-state index contributed by atoms with van der Waals surface area (Å²) >= 11 is 0. The SMILES string of the molecule is CCC1(CNS(=O)(=O)c2cc(CO)cc(F)c2F)CC1. The van der Waals surface area contributed by atoms with Crippen molar-refractivity contribution in [3.05, 3.63) is 29.3 Å². The molecule has 4 nitrogen and oxygen atoms in total. The van der Waals surface area contributed by atoms with E-state index in [1.54, 1.807) is 0 Å². The lowest BCUT2D eigenvalue weighted by Gasteiger charge is -2.14. The van der Waals surface area contributed by atoms with Gasteiger partial charge in [0, 0.05) is 6.54 Å². The highest BCUT2D eigenvalue weighted by molar-refractivity contribution is 7.89. The molecule has 1 aliphatic rings. The molecule has 0 spiro atoms. The Hall–Kier alpha value is -1.05. The van der Waals surface area contributed by atoms with Crippen LogP contribution in [-0.2, 0) is 16.6 Å². The van der Waals surface area contributed by atoms with E-state index in [1.807, 2.05) is 6.92 Å². The highest BCUT2D eigenvalue weighted by Gasteiger charge is 2.41. The minimum Gasteiger partial charge on any atom is -0.392 e. The third kappa shape index (κ3) is 2.99. The number of aliphatic hydroxyl groups is 1. The van der Waals surface area contributed by atoms with Gasteiger partial charge in [0.1, 0.15) is 4.90 Å². The first-order valence-electron chi connectivity index (χ1n) is 6.42. The van der Waals surface area contributed by atoms with E-state index in [0.717, 1.165) is 31.4 Å². The molecule has 112 valence electrons. The van der Waals surface area contributed by atoms with Crippen LogP contribution in [0.4, 0.5) is 8.78 Å². The van der Waals surface area contributed by atoms with Crippen LogP contribution >= 0.6 is 0 Å². The highest BCUT2D eigenvalue weighted by Crippen LogP contribution is 2.48. The second-order valence-electron chi connectivity index (χ2n) is 5.23. The third-order valence-electron chi connectivity index (χ3n) is 3.87. The Morgan fingerprint density at radius 3 is 2.50 bits per heavy atom. The Kier molecular flexibility index (Phi) is 4.13. The van der Waals surface area contributed by atoms with Crippen molar-refractivity contribution in [3.63, 3.8) is 0 Å². The molecule has 20 heavy (non-hydrogen) atoms. The molecule has 0 amide bonds. The quantitative estimate of drug-likeness (QED) is 0.844. The molecule has 1 aromatic carbocycles. The van der Waals surface area contributed by atoms with Gasteiger partial charge in [0.05, 0.1) is 6.61 Å². The predicted molar refractivity (Wildman–Crippen MR) is 69.4 cm³/mol. The fourth-order valence-electron chi connectivity index (χ4n) is 2.06. The number of rotatable bonds is 6. The summed E-state index contributed by atoms with van der Waals surface area (Å²) < 4.78 is 53.4. The Balaban J connectivity index is 2.27. The van der Waals surface area contributed by atoms with Crippen molar-refractivity contribution in [3.8, 4) is 0 Å². The number of halogens is 2. The molecule has 0 atom stereocenters. The van der Waals surface area contributed by atoms with Gasteiger partial charge in [0.25, 0.3) is 0 Å². The van der Waals surface area contributed by atoms with Crippen LogP contribution < -0.4 is 4.72 Å². The van der Waals surface area contributed by atoms with Gasteiger partial charge in [-0.3, -0.25) is 0 Å². The Morgan fingerprint density at radius 2 is 2.00 bits per heavy atom. The zero-order valence-corrected chi connectivity index (χ0v) is 11.9. The molecule has 0 unspecified atom stereocenters.